The molecule has 23 heavy (non-hydrogen) atoms. The lowest BCUT2D eigenvalue weighted by Gasteiger charge is -2.16. The Kier molecular flexibility index (Phi) is 6.35. The summed E-state index contributed by atoms with van der Waals surface area (Å²) in [6.07, 6.45) is 4.34. The molecule has 2 atom stereocenters. The van der Waals surface area contributed by atoms with E-state index in [-0.39, 0.29) is 18.0 Å². The van der Waals surface area contributed by atoms with Gasteiger partial charge >= 0.3 is 0 Å². The molecule has 1 heterocycles. The van der Waals surface area contributed by atoms with Crippen molar-refractivity contribution in [2.45, 2.75) is 45.8 Å². The molecule has 0 fully saturated rings. The van der Waals surface area contributed by atoms with E-state index in [1.165, 1.54) is 0 Å². The van der Waals surface area contributed by atoms with Gasteiger partial charge < -0.3 is 10.6 Å². The summed E-state index contributed by atoms with van der Waals surface area (Å²) in [4.78, 5) is 12.0. The molecule has 0 radical (unpaired) electrons. The van der Waals surface area contributed by atoms with E-state index < -0.39 is 0 Å². The Morgan fingerprint density at radius 1 is 1.26 bits per heavy atom. The van der Waals surface area contributed by atoms with Gasteiger partial charge in [0.05, 0.1) is 18.8 Å². The molecule has 0 bridgehead atoms. The lowest BCUT2D eigenvalue weighted by molar-refractivity contribution is -0.121. The van der Waals surface area contributed by atoms with E-state index in [0.717, 1.165) is 17.7 Å². The molecule has 0 aliphatic heterocycles. The molecule has 2 rings (SSSR count). The Balaban J connectivity index is 1.66. The van der Waals surface area contributed by atoms with Crippen molar-refractivity contribution in [3.05, 3.63) is 53.9 Å². The van der Waals surface area contributed by atoms with E-state index in [0.29, 0.717) is 13.0 Å². The van der Waals surface area contributed by atoms with Crippen LogP contribution in [0, 0.1) is 6.92 Å². The summed E-state index contributed by atoms with van der Waals surface area (Å²) in [5.74, 6) is 0.0657. The molecule has 124 valence electrons. The zero-order valence-electron chi connectivity index (χ0n) is 14.1. The van der Waals surface area contributed by atoms with Crippen molar-refractivity contribution in [2.24, 2.45) is 0 Å². The maximum atomic E-state index is 12.0. The number of nitrogens with zero attached hydrogens (tertiary/aromatic N) is 2. The highest BCUT2D eigenvalue weighted by atomic mass is 16.1. The minimum absolute atomic E-state index is 0.0353. The SMILES string of the molecule is Cc1cnn(CC(C)NCCC(=O)NC(C)c2ccccc2)c1. The van der Waals surface area contributed by atoms with Gasteiger partial charge in [-0.2, -0.15) is 5.10 Å². The topological polar surface area (TPSA) is 59.0 Å². The predicted molar refractivity (Wildman–Crippen MR) is 92.0 cm³/mol. The molecule has 1 aromatic carbocycles. The summed E-state index contributed by atoms with van der Waals surface area (Å²) in [5.41, 5.74) is 2.28. The van der Waals surface area contributed by atoms with Crippen molar-refractivity contribution in [2.75, 3.05) is 6.54 Å². The Hall–Kier alpha value is -2.14. The van der Waals surface area contributed by atoms with Crippen LogP contribution in [0.5, 0.6) is 0 Å². The van der Waals surface area contributed by atoms with E-state index in [4.69, 9.17) is 0 Å². The molecule has 5 heteroatoms. The number of nitrogens with one attached hydrogen (secondary N) is 2. The van der Waals surface area contributed by atoms with Crippen LogP contribution in [0.25, 0.3) is 0 Å². The lowest BCUT2D eigenvalue weighted by Crippen LogP contribution is -2.35. The number of amides is 1. The molecular formula is C18H26N4O. The summed E-state index contributed by atoms with van der Waals surface area (Å²) >= 11 is 0. The van der Waals surface area contributed by atoms with Crippen molar-refractivity contribution in [3.8, 4) is 0 Å². The summed E-state index contributed by atoms with van der Waals surface area (Å²) in [6, 6.07) is 10.3. The van der Waals surface area contributed by atoms with E-state index in [2.05, 4.69) is 22.7 Å². The van der Waals surface area contributed by atoms with Crippen molar-refractivity contribution >= 4 is 5.91 Å². The Morgan fingerprint density at radius 2 is 2.00 bits per heavy atom. The number of hydrogen-bond acceptors (Lipinski definition) is 3. The standard InChI is InChI=1S/C18H26N4O/c1-14-11-20-22(12-14)13-15(2)19-10-9-18(23)21-16(3)17-7-5-4-6-8-17/h4-8,11-12,15-16,19H,9-10,13H2,1-3H3,(H,21,23). The highest BCUT2D eigenvalue weighted by Crippen LogP contribution is 2.10. The Morgan fingerprint density at radius 3 is 2.65 bits per heavy atom. The zero-order chi connectivity index (χ0) is 16.7. The van der Waals surface area contributed by atoms with Crippen LogP contribution in [-0.2, 0) is 11.3 Å². The summed E-state index contributed by atoms with van der Waals surface area (Å²) < 4.78 is 1.92. The van der Waals surface area contributed by atoms with E-state index >= 15 is 0 Å². The Labute approximate surface area is 138 Å². The van der Waals surface area contributed by atoms with E-state index in [1.807, 2.05) is 61.3 Å². The van der Waals surface area contributed by atoms with Gasteiger partial charge in [-0.15, -0.1) is 0 Å². The van der Waals surface area contributed by atoms with Crippen LogP contribution in [0.15, 0.2) is 42.7 Å². The molecule has 2 unspecified atom stereocenters. The van der Waals surface area contributed by atoms with Crippen molar-refractivity contribution in [1.29, 1.82) is 0 Å². The fraction of sp³-hybridized carbons (Fsp3) is 0.444. The van der Waals surface area contributed by atoms with Gasteiger partial charge in [-0.25, -0.2) is 0 Å². The molecule has 0 spiro atoms. The molecule has 2 aromatic rings. The van der Waals surface area contributed by atoms with E-state index in [9.17, 15) is 4.79 Å². The minimum atomic E-state index is 0.0353. The van der Waals surface area contributed by atoms with E-state index in [1.54, 1.807) is 0 Å². The maximum Gasteiger partial charge on any atom is 0.221 e. The molecule has 0 saturated carbocycles. The first-order chi connectivity index (χ1) is 11.0. The summed E-state index contributed by atoms with van der Waals surface area (Å²) in [5, 5.41) is 10.7. The highest BCUT2D eigenvalue weighted by Gasteiger charge is 2.10. The first-order valence-corrected chi connectivity index (χ1v) is 8.11. The van der Waals surface area contributed by atoms with Crippen LogP contribution in [0.2, 0.25) is 0 Å². The van der Waals surface area contributed by atoms with Crippen LogP contribution in [-0.4, -0.2) is 28.3 Å². The van der Waals surface area contributed by atoms with Gasteiger partial charge in [0.1, 0.15) is 0 Å². The molecule has 2 N–H and O–H groups in total. The van der Waals surface area contributed by atoms with Crippen LogP contribution < -0.4 is 10.6 Å². The van der Waals surface area contributed by atoms with Crippen molar-refractivity contribution in [1.82, 2.24) is 20.4 Å². The first kappa shape index (κ1) is 17.2. The minimum Gasteiger partial charge on any atom is -0.350 e. The second kappa shape index (κ2) is 8.48. The maximum absolute atomic E-state index is 12.0. The summed E-state index contributed by atoms with van der Waals surface area (Å²) in [7, 11) is 0. The van der Waals surface area contributed by atoms with Crippen LogP contribution in [0.4, 0.5) is 0 Å². The van der Waals surface area contributed by atoms with Gasteiger partial charge in [0.2, 0.25) is 5.91 Å². The number of benzene rings is 1. The number of aryl methyl sites for hydroxylation is 1. The van der Waals surface area contributed by atoms with Gasteiger partial charge in [0.15, 0.2) is 0 Å². The van der Waals surface area contributed by atoms with Crippen molar-refractivity contribution in [3.63, 3.8) is 0 Å². The van der Waals surface area contributed by atoms with Gasteiger partial charge in [0.25, 0.3) is 0 Å². The third-order valence-corrected chi connectivity index (χ3v) is 3.75. The number of carbonyl (C=O) groups is 1. The molecular weight excluding hydrogens is 288 g/mol. The monoisotopic (exact) mass is 314 g/mol. The van der Waals surface area contributed by atoms with Crippen LogP contribution in [0.3, 0.4) is 0 Å². The second-order valence-electron chi connectivity index (χ2n) is 6.04. The average Bonchev–Trinajstić information content (AvgIpc) is 2.93. The first-order valence-electron chi connectivity index (χ1n) is 8.11. The molecule has 0 saturated heterocycles. The lowest BCUT2D eigenvalue weighted by atomic mass is 10.1. The molecule has 1 aromatic heterocycles. The predicted octanol–water partition coefficient (Wildman–Crippen LogP) is 2.44. The third kappa shape index (κ3) is 5.87. The molecule has 5 nitrogen and oxygen atoms in total. The van der Waals surface area contributed by atoms with Crippen LogP contribution in [0.1, 0.15) is 37.4 Å². The fourth-order valence-corrected chi connectivity index (χ4v) is 2.48. The third-order valence-electron chi connectivity index (χ3n) is 3.75. The summed E-state index contributed by atoms with van der Waals surface area (Å²) in [6.45, 7) is 7.59. The second-order valence-corrected chi connectivity index (χ2v) is 6.04. The highest BCUT2D eigenvalue weighted by molar-refractivity contribution is 5.76. The quantitative estimate of drug-likeness (QED) is 0.787. The number of hydrogen-bond donors (Lipinski definition) is 2. The van der Waals surface area contributed by atoms with Gasteiger partial charge in [-0.1, -0.05) is 30.3 Å². The fourth-order valence-electron chi connectivity index (χ4n) is 2.48. The zero-order valence-corrected chi connectivity index (χ0v) is 14.1. The average molecular weight is 314 g/mol. The Bertz CT molecular complexity index is 608. The molecule has 1 amide bonds. The number of rotatable bonds is 8. The number of aromatic nitrogens is 2. The molecule has 0 aliphatic carbocycles. The van der Waals surface area contributed by atoms with Crippen LogP contribution >= 0.6 is 0 Å². The molecule has 0 aliphatic rings. The number of carbonyl (C=O) groups excluding carboxylic acids is 1. The van der Waals surface area contributed by atoms with Gasteiger partial charge in [-0.3, -0.25) is 9.48 Å². The smallest absolute Gasteiger partial charge is 0.221 e. The normalized spacial score (nSPS) is 13.5. The van der Waals surface area contributed by atoms with Gasteiger partial charge in [-0.05, 0) is 31.9 Å². The van der Waals surface area contributed by atoms with Gasteiger partial charge in [0, 0.05) is 25.2 Å². The van der Waals surface area contributed by atoms with Crippen molar-refractivity contribution < 1.29 is 4.79 Å². The largest absolute Gasteiger partial charge is 0.350 e.